The molecule has 0 saturated heterocycles. The lowest BCUT2D eigenvalue weighted by Gasteiger charge is -2.17. The monoisotopic (exact) mass is 387 g/mol. The zero-order valence-corrected chi connectivity index (χ0v) is 15.8. The number of rotatable bonds is 5. The predicted molar refractivity (Wildman–Crippen MR) is 111 cm³/mol. The van der Waals surface area contributed by atoms with E-state index in [9.17, 15) is 9.59 Å². The number of carbonyl (C=O) groups is 2. The Bertz CT molecular complexity index is 1160. The van der Waals surface area contributed by atoms with E-state index >= 15 is 0 Å². The molecule has 7 nitrogen and oxygen atoms in total. The normalized spacial score (nSPS) is 10.6. The molecule has 3 aromatic carbocycles. The first kappa shape index (κ1) is 19.7. The summed E-state index contributed by atoms with van der Waals surface area (Å²) >= 11 is 0. The zero-order valence-electron chi connectivity index (χ0n) is 15.8. The molecule has 0 aliphatic carbocycles. The van der Waals surface area contributed by atoms with E-state index in [0.717, 1.165) is 5.56 Å². The SMILES string of the molecule is CC(=O)Oc1c(/C=C/c2ccccc2)c(N=[N+]=[N-])c(OC(C)=O)c2ccccc12. The second-order valence-corrected chi connectivity index (χ2v) is 6.09. The molecule has 3 rings (SSSR count). The van der Waals surface area contributed by atoms with Crippen molar-refractivity contribution in [1.82, 2.24) is 0 Å². The van der Waals surface area contributed by atoms with Crippen LogP contribution < -0.4 is 9.47 Å². The van der Waals surface area contributed by atoms with Crippen LogP contribution in [0.2, 0.25) is 0 Å². The summed E-state index contributed by atoms with van der Waals surface area (Å²) in [5.41, 5.74) is 10.4. The lowest BCUT2D eigenvalue weighted by molar-refractivity contribution is -0.132. The Hall–Kier alpha value is -4.09. The molecule has 0 atom stereocenters. The minimum Gasteiger partial charge on any atom is -0.426 e. The lowest BCUT2D eigenvalue weighted by atomic mass is 10.0. The maximum absolute atomic E-state index is 11.8. The van der Waals surface area contributed by atoms with Crippen molar-refractivity contribution >= 4 is 40.6 Å². The van der Waals surface area contributed by atoms with Crippen molar-refractivity contribution in [2.24, 2.45) is 5.11 Å². The number of nitrogens with zero attached hydrogens (tertiary/aromatic N) is 3. The van der Waals surface area contributed by atoms with Crippen molar-refractivity contribution in [2.75, 3.05) is 0 Å². The maximum Gasteiger partial charge on any atom is 0.308 e. The fourth-order valence-electron chi connectivity index (χ4n) is 2.92. The van der Waals surface area contributed by atoms with Gasteiger partial charge >= 0.3 is 11.9 Å². The summed E-state index contributed by atoms with van der Waals surface area (Å²) in [6.45, 7) is 2.54. The van der Waals surface area contributed by atoms with Crippen LogP contribution in [0.4, 0.5) is 5.69 Å². The van der Waals surface area contributed by atoms with Crippen molar-refractivity contribution in [1.29, 1.82) is 0 Å². The van der Waals surface area contributed by atoms with Crippen LogP contribution in [-0.2, 0) is 9.59 Å². The van der Waals surface area contributed by atoms with E-state index in [-0.39, 0.29) is 17.2 Å². The van der Waals surface area contributed by atoms with Gasteiger partial charge in [-0.1, -0.05) is 71.9 Å². The zero-order chi connectivity index (χ0) is 20.8. The molecule has 0 aliphatic heterocycles. The molecule has 0 aromatic heterocycles. The van der Waals surface area contributed by atoms with E-state index < -0.39 is 11.9 Å². The third-order valence-corrected chi connectivity index (χ3v) is 4.01. The minimum atomic E-state index is -0.567. The Kier molecular flexibility index (Phi) is 5.92. The van der Waals surface area contributed by atoms with Crippen LogP contribution >= 0.6 is 0 Å². The molecular formula is C22H17N3O4. The summed E-state index contributed by atoms with van der Waals surface area (Å²) in [5, 5.41) is 4.78. The van der Waals surface area contributed by atoms with Gasteiger partial charge in [0.2, 0.25) is 0 Å². The van der Waals surface area contributed by atoms with E-state index in [2.05, 4.69) is 10.0 Å². The predicted octanol–water partition coefficient (Wildman–Crippen LogP) is 5.80. The van der Waals surface area contributed by atoms with Crippen LogP contribution in [-0.4, -0.2) is 11.9 Å². The first-order valence-corrected chi connectivity index (χ1v) is 8.75. The summed E-state index contributed by atoms with van der Waals surface area (Å²) in [7, 11) is 0. The van der Waals surface area contributed by atoms with Crippen molar-refractivity contribution in [3.05, 3.63) is 76.2 Å². The fraction of sp³-hybridized carbons (Fsp3) is 0.0909. The summed E-state index contributed by atoms with van der Waals surface area (Å²) in [4.78, 5) is 26.4. The third kappa shape index (κ3) is 4.43. The van der Waals surface area contributed by atoms with Gasteiger partial charge in [0, 0.05) is 35.1 Å². The number of hydrogen-bond donors (Lipinski definition) is 0. The van der Waals surface area contributed by atoms with Crippen molar-refractivity contribution in [3.8, 4) is 11.5 Å². The molecular weight excluding hydrogens is 370 g/mol. The number of azide groups is 1. The van der Waals surface area contributed by atoms with Gasteiger partial charge in [-0.15, -0.1) is 0 Å². The second kappa shape index (κ2) is 8.73. The average Bonchev–Trinajstić information content (AvgIpc) is 2.70. The molecule has 0 heterocycles. The Morgan fingerprint density at radius 3 is 2.00 bits per heavy atom. The molecule has 0 spiro atoms. The van der Waals surface area contributed by atoms with Crippen LogP contribution in [0, 0.1) is 0 Å². The number of fused-ring (bicyclic) bond motifs is 1. The summed E-state index contributed by atoms with van der Waals surface area (Å²) < 4.78 is 10.9. The summed E-state index contributed by atoms with van der Waals surface area (Å²) in [6, 6.07) is 16.4. The van der Waals surface area contributed by atoms with Crippen molar-refractivity contribution < 1.29 is 19.1 Å². The molecule has 0 saturated carbocycles. The van der Waals surface area contributed by atoms with Gasteiger partial charge in [-0.25, -0.2) is 0 Å². The van der Waals surface area contributed by atoms with Crippen LogP contribution in [0.15, 0.2) is 59.7 Å². The van der Waals surface area contributed by atoms with Crippen LogP contribution in [0.5, 0.6) is 11.5 Å². The van der Waals surface area contributed by atoms with E-state index in [1.807, 2.05) is 30.3 Å². The van der Waals surface area contributed by atoms with Gasteiger partial charge in [-0.2, -0.15) is 0 Å². The van der Waals surface area contributed by atoms with Gasteiger partial charge in [0.15, 0.2) is 0 Å². The summed E-state index contributed by atoms with van der Waals surface area (Å²) in [6.07, 6.45) is 3.45. The number of esters is 2. The van der Waals surface area contributed by atoms with Crippen molar-refractivity contribution in [3.63, 3.8) is 0 Å². The first-order chi connectivity index (χ1) is 14.0. The minimum absolute atomic E-state index is 0.0600. The molecule has 0 amide bonds. The van der Waals surface area contributed by atoms with Gasteiger partial charge < -0.3 is 9.47 Å². The largest absolute Gasteiger partial charge is 0.426 e. The average molecular weight is 387 g/mol. The van der Waals surface area contributed by atoms with Crippen LogP contribution in [0.25, 0.3) is 33.4 Å². The second-order valence-electron chi connectivity index (χ2n) is 6.09. The quantitative estimate of drug-likeness (QED) is 0.138. The number of benzene rings is 3. The maximum atomic E-state index is 11.8. The highest BCUT2D eigenvalue weighted by Crippen LogP contribution is 2.47. The van der Waals surface area contributed by atoms with E-state index in [0.29, 0.717) is 16.3 Å². The summed E-state index contributed by atoms with van der Waals surface area (Å²) in [5.74, 6) is -0.771. The molecule has 0 bridgehead atoms. The topological polar surface area (TPSA) is 101 Å². The Labute approximate surface area is 166 Å². The molecule has 3 aromatic rings. The first-order valence-electron chi connectivity index (χ1n) is 8.75. The Balaban J connectivity index is 2.39. The van der Waals surface area contributed by atoms with E-state index in [4.69, 9.17) is 15.0 Å². The van der Waals surface area contributed by atoms with Gasteiger partial charge in [-0.3, -0.25) is 9.59 Å². The molecule has 0 N–H and O–H groups in total. The van der Waals surface area contributed by atoms with Crippen LogP contribution in [0.1, 0.15) is 25.0 Å². The highest BCUT2D eigenvalue weighted by molar-refractivity contribution is 6.04. The molecule has 0 unspecified atom stereocenters. The third-order valence-electron chi connectivity index (χ3n) is 4.01. The number of carbonyl (C=O) groups excluding carboxylic acids is 2. The number of ether oxygens (including phenoxy) is 2. The fourth-order valence-corrected chi connectivity index (χ4v) is 2.92. The molecule has 7 heteroatoms. The lowest BCUT2D eigenvalue weighted by Crippen LogP contribution is -2.07. The Morgan fingerprint density at radius 2 is 1.41 bits per heavy atom. The molecule has 29 heavy (non-hydrogen) atoms. The van der Waals surface area contributed by atoms with E-state index in [1.165, 1.54) is 13.8 Å². The highest BCUT2D eigenvalue weighted by atomic mass is 16.5. The Morgan fingerprint density at radius 1 is 0.862 bits per heavy atom. The van der Waals surface area contributed by atoms with E-state index in [1.54, 1.807) is 36.4 Å². The smallest absolute Gasteiger partial charge is 0.308 e. The van der Waals surface area contributed by atoms with Gasteiger partial charge in [-0.05, 0) is 11.1 Å². The van der Waals surface area contributed by atoms with Gasteiger partial charge in [0.1, 0.15) is 11.5 Å². The molecule has 0 aliphatic rings. The van der Waals surface area contributed by atoms with Crippen LogP contribution in [0.3, 0.4) is 0 Å². The molecule has 0 fully saturated rings. The number of hydrogen-bond acceptors (Lipinski definition) is 5. The molecule has 0 radical (unpaired) electrons. The van der Waals surface area contributed by atoms with Crippen molar-refractivity contribution in [2.45, 2.75) is 13.8 Å². The highest BCUT2D eigenvalue weighted by Gasteiger charge is 2.21. The standard InChI is InChI=1S/C22H17N3O4/c1-14(26)28-21-17-10-6-7-11-18(17)22(29-15(2)27)20(24-25-23)19(21)13-12-16-8-4-3-5-9-16/h3-13H,1-2H3/b13-12+. The van der Waals surface area contributed by atoms with Gasteiger partial charge in [0.05, 0.1) is 5.69 Å². The van der Waals surface area contributed by atoms with Gasteiger partial charge in [0.25, 0.3) is 0 Å². The molecule has 144 valence electrons.